The van der Waals surface area contributed by atoms with Crippen LogP contribution < -0.4 is 4.74 Å². The van der Waals surface area contributed by atoms with E-state index < -0.39 is 10.8 Å². The predicted molar refractivity (Wildman–Crippen MR) is 82.8 cm³/mol. The van der Waals surface area contributed by atoms with Gasteiger partial charge in [-0.05, 0) is 30.3 Å². The van der Waals surface area contributed by atoms with E-state index >= 15 is 0 Å². The minimum Gasteiger partial charge on any atom is -0.496 e. The van der Waals surface area contributed by atoms with E-state index in [1.54, 1.807) is 25.6 Å². The summed E-state index contributed by atoms with van der Waals surface area (Å²) in [5.41, 5.74) is 2.50. The van der Waals surface area contributed by atoms with Crippen LogP contribution in [0.25, 0.3) is 22.6 Å². The molecule has 0 aliphatic rings. The molecule has 0 bridgehead atoms. The van der Waals surface area contributed by atoms with Crippen LogP contribution in [0.5, 0.6) is 5.75 Å². The van der Waals surface area contributed by atoms with Crippen LogP contribution in [-0.2, 0) is 17.8 Å². The Hall–Kier alpha value is -2.21. The molecule has 0 N–H and O–H groups in total. The molecule has 3 rings (SSSR count). The number of aryl methyl sites for hydroxylation is 1. The molecule has 0 spiro atoms. The predicted octanol–water partition coefficient (Wildman–Crippen LogP) is 2.38. The number of nitrogens with zero attached hydrogens (tertiary/aromatic N) is 3. The Labute approximate surface area is 125 Å². The molecule has 21 heavy (non-hydrogen) atoms. The topological polar surface area (TPSA) is 57.0 Å². The number of hydrogen-bond donors (Lipinski definition) is 0. The summed E-state index contributed by atoms with van der Waals surface area (Å²) in [5, 5.41) is 0. The van der Waals surface area contributed by atoms with Gasteiger partial charge in [0.2, 0.25) is 0 Å². The molecule has 2 heterocycles. The molecule has 1 atom stereocenters. The van der Waals surface area contributed by atoms with Gasteiger partial charge in [-0.1, -0.05) is 0 Å². The summed E-state index contributed by atoms with van der Waals surface area (Å²) in [6, 6.07) is 9.37. The summed E-state index contributed by atoms with van der Waals surface area (Å²) in [6.45, 7) is 0. The number of pyridine rings is 1. The highest BCUT2D eigenvalue weighted by Gasteiger charge is 2.15. The molecule has 0 aliphatic carbocycles. The van der Waals surface area contributed by atoms with Gasteiger partial charge in [-0.2, -0.15) is 0 Å². The lowest BCUT2D eigenvalue weighted by Crippen LogP contribution is -1.97. The van der Waals surface area contributed by atoms with Crippen molar-refractivity contribution in [2.75, 3.05) is 13.4 Å². The van der Waals surface area contributed by atoms with Gasteiger partial charge in [-0.25, -0.2) is 9.97 Å². The average Bonchev–Trinajstić information content (AvgIpc) is 2.84. The van der Waals surface area contributed by atoms with Crippen molar-refractivity contribution >= 4 is 22.0 Å². The first-order valence-electron chi connectivity index (χ1n) is 6.41. The fraction of sp³-hybridized carbons (Fsp3) is 0.200. The van der Waals surface area contributed by atoms with Crippen molar-refractivity contribution < 1.29 is 8.95 Å². The highest BCUT2D eigenvalue weighted by atomic mass is 32.2. The molecule has 1 unspecified atom stereocenters. The van der Waals surface area contributed by atoms with Crippen LogP contribution in [0.4, 0.5) is 0 Å². The summed E-state index contributed by atoms with van der Waals surface area (Å²) in [6.07, 6.45) is 3.37. The van der Waals surface area contributed by atoms with Crippen LogP contribution >= 0.6 is 0 Å². The quantitative estimate of drug-likeness (QED) is 0.745. The first-order valence-corrected chi connectivity index (χ1v) is 7.97. The molecular formula is C15H15N3O2S. The Balaban J connectivity index is 2.22. The molecule has 0 saturated heterocycles. The number of aromatic nitrogens is 3. The van der Waals surface area contributed by atoms with Crippen molar-refractivity contribution in [2.24, 2.45) is 7.05 Å². The average molecular weight is 301 g/mol. The second-order valence-electron chi connectivity index (χ2n) is 4.66. The van der Waals surface area contributed by atoms with E-state index in [0.29, 0.717) is 11.4 Å². The van der Waals surface area contributed by atoms with E-state index in [-0.39, 0.29) is 0 Å². The molecule has 0 radical (unpaired) electrons. The number of imidazole rings is 1. The van der Waals surface area contributed by atoms with E-state index in [1.807, 2.05) is 35.9 Å². The second-order valence-corrected chi connectivity index (χ2v) is 6.04. The highest BCUT2D eigenvalue weighted by Crippen LogP contribution is 2.32. The number of rotatable bonds is 3. The van der Waals surface area contributed by atoms with Gasteiger partial charge in [-0.15, -0.1) is 0 Å². The lowest BCUT2D eigenvalue weighted by Gasteiger charge is -2.09. The van der Waals surface area contributed by atoms with Gasteiger partial charge >= 0.3 is 0 Å². The van der Waals surface area contributed by atoms with Crippen LogP contribution in [0.1, 0.15) is 0 Å². The SMILES string of the molecule is COc1cc(S(C)=O)ccc1-c1nc2ncccc2n1C. The first-order chi connectivity index (χ1) is 10.1. The van der Waals surface area contributed by atoms with Crippen LogP contribution in [0, 0.1) is 0 Å². The molecular weight excluding hydrogens is 286 g/mol. The van der Waals surface area contributed by atoms with Gasteiger partial charge in [0, 0.05) is 35.2 Å². The Morgan fingerprint density at radius 1 is 1.29 bits per heavy atom. The number of methoxy groups -OCH3 is 1. The minimum atomic E-state index is -1.05. The highest BCUT2D eigenvalue weighted by molar-refractivity contribution is 7.84. The van der Waals surface area contributed by atoms with Gasteiger partial charge in [0.25, 0.3) is 0 Å². The standard InChI is InChI=1S/C15H15N3O2S/c1-18-12-5-4-8-16-14(12)17-15(18)11-7-6-10(21(3)19)9-13(11)20-2/h4-9H,1-3H3. The van der Waals surface area contributed by atoms with Crippen molar-refractivity contribution in [3.63, 3.8) is 0 Å². The van der Waals surface area contributed by atoms with Gasteiger partial charge in [0.1, 0.15) is 11.6 Å². The van der Waals surface area contributed by atoms with E-state index in [1.165, 1.54) is 0 Å². The van der Waals surface area contributed by atoms with Crippen molar-refractivity contribution in [2.45, 2.75) is 4.90 Å². The van der Waals surface area contributed by atoms with Gasteiger partial charge in [-0.3, -0.25) is 4.21 Å². The maximum atomic E-state index is 11.6. The zero-order valence-electron chi connectivity index (χ0n) is 12.0. The lowest BCUT2D eigenvalue weighted by molar-refractivity contribution is 0.415. The van der Waals surface area contributed by atoms with Crippen LogP contribution in [-0.4, -0.2) is 32.1 Å². The molecule has 108 valence electrons. The van der Waals surface area contributed by atoms with E-state index in [4.69, 9.17) is 4.74 Å². The zero-order valence-corrected chi connectivity index (χ0v) is 12.8. The maximum Gasteiger partial charge on any atom is 0.178 e. The normalized spacial score (nSPS) is 12.5. The third-order valence-electron chi connectivity index (χ3n) is 3.40. The molecule has 0 saturated carbocycles. The summed E-state index contributed by atoms with van der Waals surface area (Å²) >= 11 is 0. The van der Waals surface area contributed by atoms with Gasteiger partial charge < -0.3 is 9.30 Å². The summed E-state index contributed by atoms with van der Waals surface area (Å²) in [4.78, 5) is 9.56. The largest absolute Gasteiger partial charge is 0.496 e. The van der Waals surface area contributed by atoms with Crippen LogP contribution in [0.3, 0.4) is 0 Å². The summed E-state index contributed by atoms with van der Waals surface area (Å²) in [7, 11) is 2.50. The van der Waals surface area contributed by atoms with Gasteiger partial charge in [0.05, 0.1) is 18.2 Å². The molecule has 1 aromatic carbocycles. The second kappa shape index (κ2) is 5.29. The van der Waals surface area contributed by atoms with Crippen LogP contribution in [0.15, 0.2) is 41.4 Å². The fourth-order valence-electron chi connectivity index (χ4n) is 2.30. The molecule has 5 nitrogen and oxygen atoms in total. The molecule has 3 aromatic rings. The van der Waals surface area contributed by atoms with E-state index in [2.05, 4.69) is 9.97 Å². The Kier molecular flexibility index (Phi) is 3.47. The number of fused-ring (bicyclic) bond motifs is 1. The molecule has 6 heteroatoms. The lowest BCUT2D eigenvalue weighted by atomic mass is 10.2. The third kappa shape index (κ3) is 2.31. The minimum absolute atomic E-state index is 0.654. The zero-order chi connectivity index (χ0) is 15.0. The third-order valence-corrected chi connectivity index (χ3v) is 4.32. The number of ether oxygens (including phenoxy) is 1. The maximum absolute atomic E-state index is 11.6. The number of hydrogen-bond acceptors (Lipinski definition) is 4. The number of benzene rings is 1. The van der Waals surface area contributed by atoms with Crippen molar-refractivity contribution in [3.05, 3.63) is 36.5 Å². The van der Waals surface area contributed by atoms with Crippen molar-refractivity contribution in [1.29, 1.82) is 0 Å². The van der Waals surface area contributed by atoms with E-state index in [9.17, 15) is 4.21 Å². The van der Waals surface area contributed by atoms with E-state index in [0.717, 1.165) is 21.8 Å². The Morgan fingerprint density at radius 3 is 2.76 bits per heavy atom. The van der Waals surface area contributed by atoms with Gasteiger partial charge in [0.15, 0.2) is 5.65 Å². The van der Waals surface area contributed by atoms with Crippen molar-refractivity contribution in [3.8, 4) is 17.1 Å². The monoisotopic (exact) mass is 301 g/mol. The first kappa shape index (κ1) is 13.8. The Morgan fingerprint density at radius 2 is 2.10 bits per heavy atom. The summed E-state index contributed by atoms with van der Waals surface area (Å²) < 4.78 is 19.0. The smallest absolute Gasteiger partial charge is 0.178 e. The molecule has 0 fully saturated rings. The molecule has 0 amide bonds. The van der Waals surface area contributed by atoms with Crippen molar-refractivity contribution in [1.82, 2.24) is 14.5 Å². The molecule has 2 aromatic heterocycles. The fourth-order valence-corrected chi connectivity index (χ4v) is 2.83. The van der Waals surface area contributed by atoms with Crippen LogP contribution in [0.2, 0.25) is 0 Å². The Bertz CT molecular complexity index is 842. The summed E-state index contributed by atoms with van der Waals surface area (Å²) in [5.74, 6) is 1.43. The molecule has 0 aliphatic heterocycles.